The van der Waals surface area contributed by atoms with Gasteiger partial charge in [-0.3, -0.25) is 0 Å². The molecule has 0 bridgehead atoms. The normalized spacial score (nSPS) is 10.1. The van der Waals surface area contributed by atoms with Crippen LogP contribution < -0.4 is 0 Å². The number of rotatable bonds is 18. The SMILES string of the molecule is C=O.CCCCP(CCCC)CCCC.CCCCP(CCCC)CCCC.[Rh]. The summed E-state index contributed by atoms with van der Waals surface area (Å²) in [5.74, 6) is 0. The zero-order valence-electron chi connectivity index (χ0n) is 21.1. The Hall–Kier alpha value is 1.15. The first-order chi connectivity index (χ1) is 13.7. The van der Waals surface area contributed by atoms with Gasteiger partial charge in [-0.2, -0.15) is 0 Å². The van der Waals surface area contributed by atoms with E-state index in [0.717, 1.165) is 0 Å². The number of hydrogen-bond donors (Lipinski definition) is 0. The van der Waals surface area contributed by atoms with Crippen LogP contribution in [-0.4, -0.2) is 43.8 Å². The van der Waals surface area contributed by atoms with E-state index in [1.54, 1.807) is 37.0 Å². The van der Waals surface area contributed by atoms with E-state index in [2.05, 4.69) is 41.5 Å². The number of hydrogen-bond acceptors (Lipinski definition) is 1. The van der Waals surface area contributed by atoms with Crippen LogP contribution in [0.3, 0.4) is 0 Å². The molecular weight excluding hydrogens is 481 g/mol. The molecule has 0 aromatic carbocycles. The molecule has 0 N–H and O–H groups in total. The Labute approximate surface area is 202 Å². The molecule has 0 aliphatic rings. The first kappa shape index (κ1) is 37.5. The molecule has 181 valence electrons. The van der Waals surface area contributed by atoms with Crippen molar-refractivity contribution in [2.75, 3.05) is 37.0 Å². The van der Waals surface area contributed by atoms with Crippen molar-refractivity contribution in [3.05, 3.63) is 0 Å². The quantitative estimate of drug-likeness (QED) is 0.126. The van der Waals surface area contributed by atoms with E-state index in [0.29, 0.717) is 15.8 Å². The van der Waals surface area contributed by atoms with Crippen LogP contribution in [0.1, 0.15) is 119 Å². The Morgan fingerprint density at radius 1 is 0.414 bits per heavy atom. The standard InChI is InChI=1S/2C12H27P.CH2O.Rh/c2*1-4-7-10-13(11-8-5-2)12-9-6-3;1-2;/h2*4-12H2,1-3H3;1H2;. The Balaban J connectivity index is -0.000000192. The molecular formula is C25H56OP2Rh. The van der Waals surface area contributed by atoms with E-state index in [4.69, 9.17) is 4.79 Å². The van der Waals surface area contributed by atoms with Gasteiger partial charge in [0, 0.05) is 19.5 Å². The van der Waals surface area contributed by atoms with Gasteiger partial charge in [-0.15, -0.1) is 15.8 Å². The molecule has 0 amide bonds. The minimum atomic E-state index is 0. The zero-order chi connectivity index (χ0) is 21.9. The third kappa shape index (κ3) is 34.0. The van der Waals surface area contributed by atoms with E-state index in [9.17, 15) is 0 Å². The Morgan fingerprint density at radius 2 is 0.552 bits per heavy atom. The van der Waals surface area contributed by atoms with E-state index in [1.165, 1.54) is 77.0 Å². The topological polar surface area (TPSA) is 17.1 Å². The van der Waals surface area contributed by atoms with Crippen molar-refractivity contribution in [1.29, 1.82) is 0 Å². The molecule has 1 radical (unpaired) electrons. The summed E-state index contributed by atoms with van der Waals surface area (Å²) in [6.45, 7) is 15.9. The van der Waals surface area contributed by atoms with Crippen molar-refractivity contribution in [1.82, 2.24) is 0 Å². The molecule has 0 aliphatic carbocycles. The monoisotopic (exact) mass is 537 g/mol. The molecule has 0 aliphatic heterocycles. The van der Waals surface area contributed by atoms with Crippen LogP contribution in [0.25, 0.3) is 0 Å². The van der Waals surface area contributed by atoms with Crippen LogP contribution in [0, 0.1) is 0 Å². The maximum absolute atomic E-state index is 8.00. The largest absolute Gasteiger partial charge is 0.307 e. The van der Waals surface area contributed by atoms with Crippen molar-refractivity contribution >= 4 is 22.6 Å². The van der Waals surface area contributed by atoms with Crippen LogP contribution in [0.4, 0.5) is 0 Å². The smallest absolute Gasteiger partial charge is 0.106 e. The van der Waals surface area contributed by atoms with Gasteiger partial charge in [0.15, 0.2) is 0 Å². The maximum atomic E-state index is 8.00. The third-order valence-corrected chi connectivity index (χ3v) is 10.7. The molecule has 0 aromatic heterocycles. The van der Waals surface area contributed by atoms with Crippen LogP contribution in [0.2, 0.25) is 0 Å². The van der Waals surface area contributed by atoms with Gasteiger partial charge >= 0.3 is 0 Å². The van der Waals surface area contributed by atoms with Crippen LogP contribution in [0.15, 0.2) is 0 Å². The molecule has 0 unspecified atom stereocenters. The van der Waals surface area contributed by atoms with E-state index < -0.39 is 0 Å². The van der Waals surface area contributed by atoms with E-state index in [-0.39, 0.29) is 19.5 Å². The summed E-state index contributed by atoms with van der Waals surface area (Å²) in [7, 11) is 0.843. The van der Waals surface area contributed by atoms with Gasteiger partial charge in [0.2, 0.25) is 0 Å². The number of unbranched alkanes of at least 4 members (excludes halogenated alkanes) is 6. The van der Waals surface area contributed by atoms with E-state index in [1.807, 2.05) is 6.79 Å². The summed E-state index contributed by atoms with van der Waals surface area (Å²) in [4.78, 5) is 8.00. The molecule has 0 aromatic rings. The number of carbonyl (C=O) groups excluding carboxylic acids is 1. The van der Waals surface area contributed by atoms with Crippen molar-refractivity contribution in [3.63, 3.8) is 0 Å². The Bertz CT molecular complexity index is 193. The summed E-state index contributed by atoms with van der Waals surface area (Å²) in [5.41, 5.74) is 0. The number of carbonyl (C=O) groups is 1. The van der Waals surface area contributed by atoms with E-state index >= 15 is 0 Å². The first-order valence-corrected chi connectivity index (χ1v) is 16.2. The molecule has 0 saturated heterocycles. The molecule has 29 heavy (non-hydrogen) atoms. The second-order valence-electron chi connectivity index (χ2n) is 7.80. The van der Waals surface area contributed by atoms with Gasteiger partial charge < -0.3 is 4.79 Å². The predicted molar refractivity (Wildman–Crippen MR) is 140 cm³/mol. The van der Waals surface area contributed by atoms with Crippen LogP contribution >= 0.6 is 15.8 Å². The van der Waals surface area contributed by atoms with Gasteiger partial charge in [0.05, 0.1) is 0 Å². The molecule has 1 nitrogen and oxygen atoms in total. The summed E-state index contributed by atoms with van der Waals surface area (Å²) < 4.78 is 0. The predicted octanol–water partition coefficient (Wildman–Crippen LogP) is 9.55. The van der Waals surface area contributed by atoms with Crippen LogP contribution in [0.5, 0.6) is 0 Å². The molecule has 0 fully saturated rings. The molecule has 0 saturated carbocycles. The molecule has 0 rings (SSSR count). The fourth-order valence-electron chi connectivity index (χ4n) is 2.96. The maximum Gasteiger partial charge on any atom is 0.106 e. The fourth-order valence-corrected chi connectivity index (χ4v) is 8.88. The van der Waals surface area contributed by atoms with Gasteiger partial charge in [-0.25, -0.2) is 0 Å². The molecule has 0 atom stereocenters. The minimum absolute atomic E-state index is 0. The summed E-state index contributed by atoms with van der Waals surface area (Å²) in [6, 6.07) is 0. The van der Waals surface area contributed by atoms with Gasteiger partial charge in [-0.05, 0) is 75.5 Å². The second-order valence-corrected chi connectivity index (χ2v) is 13.2. The van der Waals surface area contributed by atoms with Crippen molar-refractivity contribution in [3.8, 4) is 0 Å². The van der Waals surface area contributed by atoms with Gasteiger partial charge in [-0.1, -0.05) is 80.1 Å². The van der Waals surface area contributed by atoms with Gasteiger partial charge in [0.25, 0.3) is 0 Å². The first-order valence-electron chi connectivity index (χ1n) is 12.4. The van der Waals surface area contributed by atoms with Crippen LogP contribution in [-0.2, 0) is 24.3 Å². The molecule has 4 heteroatoms. The second kappa shape index (κ2) is 36.5. The molecule has 0 heterocycles. The Morgan fingerprint density at radius 3 is 0.655 bits per heavy atom. The third-order valence-electron chi connectivity index (χ3n) is 4.97. The average molecular weight is 538 g/mol. The summed E-state index contributed by atoms with van der Waals surface area (Å²) in [5, 5.41) is 0. The van der Waals surface area contributed by atoms with Crippen molar-refractivity contribution in [2.24, 2.45) is 0 Å². The zero-order valence-corrected chi connectivity index (χ0v) is 24.5. The van der Waals surface area contributed by atoms with Crippen molar-refractivity contribution < 1.29 is 24.3 Å². The Kier molecular flexibility index (Phi) is 47.2. The minimum Gasteiger partial charge on any atom is -0.307 e. The van der Waals surface area contributed by atoms with Crippen molar-refractivity contribution in [2.45, 2.75) is 119 Å². The summed E-state index contributed by atoms with van der Waals surface area (Å²) in [6.07, 6.45) is 26.4. The fraction of sp³-hybridized carbons (Fsp3) is 0.960. The molecule has 0 spiro atoms. The summed E-state index contributed by atoms with van der Waals surface area (Å²) >= 11 is 0. The van der Waals surface area contributed by atoms with Gasteiger partial charge in [0.1, 0.15) is 6.79 Å². The average Bonchev–Trinajstić information content (AvgIpc) is 2.74.